The third-order valence-corrected chi connectivity index (χ3v) is 4.69. The number of aryl methyl sites for hydroxylation is 1. The highest BCUT2D eigenvalue weighted by Gasteiger charge is 2.26. The Hall–Kier alpha value is -3.15. The molecular formula is C19H16N4O2. The second kappa shape index (κ2) is 5.17. The maximum Gasteiger partial charge on any atom is 0.289 e. The van der Waals surface area contributed by atoms with Gasteiger partial charge in [0.05, 0.1) is 11.4 Å². The highest BCUT2D eigenvalue weighted by atomic mass is 16.3. The number of carbonyl (C=O) groups excluding carboxylic acids is 1. The number of carbonyl (C=O) groups is 1. The fraction of sp³-hybridized carbons (Fsp3) is 0.211. The van der Waals surface area contributed by atoms with E-state index < -0.39 is 0 Å². The van der Waals surface area contributed by atoms with Crippen molar-refractivity contribution in [2.24, 2.45) is 0 Å². The molecule has 4 aromatic rings. The first-order valence-corrected chi connectivity index (χ1v) is 8.30. The number of hydrogen-bond donors (Lipinski definition) is 0. The van der Waals surface area contributed by atoms with Crippen LogP contribution in [0.4, 0.5) is 0 Å². The van der Waals surface area contributed by atoms with Crippen molar-refractivity contribution in [1.82, 2.24) is 19.5 Å². The summed E-state index contributed by atoms with van der Waals surface area (Å²) in [5, 5.41) is 5.46. The lowest BCUT2D eigenvalue weighted by molar-refractivity contribution is 0.0702. The van der Waals surface area contributed by atoms with E-state index >= 15 is 0 Å². The van der Waals surface area contributed by atoms with Gasteiger partial charge in [-0.2, -0.15) is 5.10 Å². The number of hydrogen-bond acceptors (Lipinski definition) is 4. The Labute approximate surface area is 143 Å². The van der Waals surface area contributed by atoms with Crippen LogP contribution in [0.5, 0.6) is 0 Å². The van der Waals surface area contributed by atoms with Crippen LogP contribution in [0, 0.1) is 6.92 Å². The van der Waals surface area contributed by atoms with E-state index in [1.165, 1.54) is 0 Å². The molecule has 0 saturated carbocycles. The molecule has 0 saturated heterocycles. The molecule has 6 heteroatoms. The molecule has 0 fully saturated rings. The predicted molar refractivity (Wildman–Crippen MR) is 92.4 cm³/mol. The second-order valence-electron chi connectivity index (χ2n) is 6.41. The van der Waals surface area contributed by atoms with E-state index in [0.717, 1.165) is 40.0 Å². The van der Waals surface area contributed by atoms with Crippen molar-refractivity contribution in [1.29, 1.82) is 0 Å². The second-order valence-corrected chi connectivity index (χ2v) is 6.41. The van der Waals surface area contributed by atoms with Gasteiger partial charge in [-0.25, -0.2) is 9.50 Å². The molecule has 0 N–H and O–H groups in total. The summed E-state index contributed by atoms with van der Waals surface area (Å²) in [5.41, 5.74) is 4.70. The Morgan fingerprint density at radius 3 is 3.00 bits per heavy atom. The summed E-state index contributed by atoms with van der Waals surface area (Å²) in [4.78, 5) is 19.1. The molecule has 3 aromatic heterocycles. The molecule has 0 bridgehead atoms. The maximum atomic E-state index is 12.8. The minimum atomic E-state index is -0.0846. The smallest absolute Gasteiger partial charge is 0.289 e. The molecule has 4 heterocycles. The van der Waals surface area contributed by atoms with Crippen molar-refractivity contribution in [2.45, 2.75) is 19.9 Å². The van der Waals surface area contributed by atoms with E-state index in [-0.39, 0.29) is 5.91 Å². The third-order valence-electron chi connectivity index (χ3n) is 4.69. The van der Waals surface area contributed by atoms with E-state index in [1.807, 2.05) is 58.9 Å². The van der Waals surface area contributed by atoms with E-state index in [1.54, 1.807) is 0 Å². The van der Waals surface area contributed by atoms with Crippen molar-refractivity contribution >= 4 is 22.5 Å². The van der Waals surface area contributed by atoms with E-state index in [2.05, 4.69) is 10.1 Å². The van der Waals surface area contributed by atoms with Gasteiger partial charge < -0.3 is 9.32 Å². The van der Waals surface area contributed by atoms with Crippen molar-refractivity contribution in [2.75, 3.05) is 6.54 Å². The molecule has 1 aliphatic heterocycles. The zero-order valence-corrected chi connectivity index (χ0v) is 13.8. The van der Waals surface area contributed by atoms with E-state index in [9.17, 15) is 4.79 Å². The molecule has 6 nitrogen and oxygen atoms in total. The molecule has 124 valence electrons. The molecule has 0 unspecified atom stereocenters. The van der Waals surface area contributed by atoms with Gasteiger partial charge in [0.15, 0.2) is 11.4 Å². The standard InChI is InChI=1S/C19H16N4O2/c1-12-8-18-20-10-14-11-22(7-6-15(14)23(18)21-12)19(24)17-9-13-4-2-3-5-16(13)25-17/h2-5,8-10H,6-7,11H2,1H3. The first-order chi connectivity index (χ1) is 12.2. The number of furan rings is 1. The van der Waals surface area contributed by atoms with Crippen LogP contribution in [0.3, 0.4) is 0 Å². The largest absolute Gasteiger partial charge is 0.451 e. The quantitative estimate of drug-likeness (QED) is 0.537. The van der Waals surface area contributed by atoms with Crippen LogP contribution in [0.2, 0.25) is 0 Å². The Morgan fingerprint density at radius 2 is 2.12 bits per heavy atom. The number of benzene rings is 1. The summed E-state index contributed by atoms with van der Waals surface area (Å²) in [6.07, 6.45) is 2.60. The average molecular weight is 332 g/mol. The van der Waals surface area contributed by atoms with Gasteiger partial charge in [0, 0.05) is 42.7 Å². The Bertz CT molecular complexity index is 1090. The van der Waals surface area contributed by atoms with Gasteiger partial charge in [0.25, 0.3) is 5.91 Å². The fourth-order valence-electron chi connectivity index (χ4n) is 3.47. The van der Waals surface area contributed by atoms with Gasteiger partial charge in [-0.05, 0) is 19.1 Å². The van der Waals surface area contributed by atoms with Crippen LogP contribution < -0.4 is 0 Å². The van der Waals surface area contributed by atoms with E-state index in [0.29, 0.717) is 18.8 Å². The lowest BCUT2D eigenvalue weighted by Crippen LogP contribution is -2.36. The first-order valence-electron chi connectivity index (χ1n) is 8.30. The average Bonchev–Trinajstić information content (AvgIpc) is 3.23. The lowest BCUT2D eigenvalue weighted by atomic mass is 10.1. The zero-order chi connectivity index (χ0) is 17.0. The first kappa shape index (κ1) is 14.2. The number of aromatic nitrogens is 3. The number of rotatable bonds is 1. The zero-order valence-electron chi connectivity index (χ0n) is 13.8. The van der Waals surface area contributed by atoms with Gasteiger partial charge in [-0.3, -0.25) is 4.79 Å². The summed E-state index contributed by atoms with van der Waals surface area (Å²) >= 11 is 0. The molecular weight excluding hydrogens is 316 g/mol. The van der Waals surface area contributed by atoms with Crippen molar-refractivity contribution < 1.29 is 9.21 Å². The highest BCUT2D eigenvalue weighted by Crippen LogP contribution is 2.24. The van der Waals surface area contributed by atoms with Crippen LogP contribution in [-0.4, -0.2) is 31.9 Å². The minimum absolute atomic E-state index is 0.0846. The van der Waals surface area contributed by atoms with Crippen LogP contribution in [-0.2, 0) is 13.0 Å². The minimum Gasteiger partial charge on any atom is -0.451 e. The number of nitrogens with zero attached hydrogens (tertiary/aromatic N) is 4. The highest BCUT2D eigenvalue weighted by molar-refractivity contribution is 5.96. The molecule has 1 aliphatic rings. The van der Waals surface area contributed by atoms with Crippen LogP contribution in [0.25, 0.3) is 16.6 Å². The SMILES string of the molecule is Cc1cc2ncc3c(n2n1)CCN(C(=O)c1cc2ccccc2o1)C3. The Balaban J connectivity index is 1.48. The normalized spacial score (nSPS) is 14.2. The van der Waals surface area contributed by atoms with E-state index in [4.69, 9.17) is 4.42 Å². The van der Waals surface area contributed by atoms with Gasteiger partial charge in [-0.1, -0.05) is 18.2 Å². The van der Waals surface area contributed by atoms with Crippen LogP contribution in [0.1, 0.15) is 27.5 Å². The summed E-state index contributed by atoms with van der Waals surface area (Å²) in [6.45, 7) is 3.12. The van der Waals surface area contributed by atoms with Crippen LogP contribution in [0.15, 0.2) is 47.0 Å². The van der Waals surface area contributed by atoms with Gasteiger partial charge in [0.2, 0.25) is 0 Å². The number of amides is 1. The van der Waals surface area contributed by atoms with Crippen molar-refractivity contribution in [3.8, 4) is 0 Å². The summed E-state index contributed by atoms with van der Waals surface area (Å²) in [6, 6.07) is 11.4. The molecule has 1 amide bonds. The summed E-state index contributed by atoms with van der Waals surface area (Å²) in [7, 11) is 0. The maximum absolute atomic E-state index is 12.8. The van der Waals surface area contributed by atoms with Gasteiger partial charge in [0.1, 0.15) is 5.58 Å². The molecule has 0 atom stereocenters. The number of fused-ring (bicyclic) bond motifs is 4. The Kier molecular flexibility index (Phi) is 2.94. The van der Waals surface area contributed by atoms with Crippen LogP contribution >= 0.6 is 0 Å². The molecule has 0 radical (unpaired) electrons. The lowest BCUT2D eigenvalue weighted by Gasteiger charge is -2.28. The van der Waals surface area contributed by atoms with Crippen molar-refractivity contribution in [3.05, 3.63) is 65.3 Å². The van der Waals surface area contributed by atoms with Crippen molar-refractivity contribution in [3.63, 3.8) is 0 Å². The molecule has 5 rings (SSSR count). The topological polar surface area (TPSA) is 63.6 Å². The number of para-hydroxylation sites is 1. The molecule has 0 aliphatic carbocycles. The third kappa shape index (κ3) is 2.21. The summed E-state index contributed by atoms with van der Waals surface area (Å²) < 4.78 is 7.62. The Morgan fingerprint density at radius 1 is 1.24 bits per heavy atom. The molecule has 0 spiro atoms. The summed E-state index contributed by atoms with van der Waals surface area (Å²) in [5.74, 6) is 0.298. The van der Waals surface area contributed by atoms with Gasteiger partial charge >= 0.3 is 0 Å². The monoisotopic (exact) mass is 332 g/mol. The molecule has 25 heavy (non-hydrogen) atoms. The fourth-order valence-corrected chi connectivity index (χ4v) is 3.47. The molecule has 1 aromatic carbocycles. The predicted octanol–water partition coefficient (Wildman–Crippen LogP) is 2.98. The van der Waals surface area contributed by atoms with Gasteiger partial charge in [-0.15, -0.1) is 0 Å².